The lowest BCUT2D eigenvalue weighted by molar-refractivity contribution is -0.00000598. The molecule has 0 aliphatic rings. The van der Waals surface area contributed by atoms with Crippen LogP contribution in [0.2, 0.25) is 0 Å². The fraction of sp³-hybridized carbons (Fsp3) is 0.250. The van der Waals surface area contributed by atoms with Gasteiger partial charge in [0.15, 0.2) is 16.5 Å². The van der Waals surface area contributed by atoms with Gasteiger partial charge in [-0.3, -0.25) is 0 Å². The minimum atomic E-state index is 0. The smallest absolute Gasteiger partial charge is 0.430 e. The molecular weight excluding hydrogens is 304 g/mol. The summed E-state index contributed by atoms with van der Waals surface area (Å²) in [6.45, 7) is 4.67. The van der Waals surface area contributed by atoms with Crippen LogP contribution in [-0.2, 0) is 0 Å². The Labute approximate surface area is 135 Å². The Hall–Kier alpha value is -2.45. The third kappa shape index (κ3) is 4.27. The number of halogens is 1. The molecule has 2 aromatic carbocycles. The maximum Gasteiger partial charge on any atom is 0.430 e. The van der Waals surface area contributed by atoms with Crippen LogP contribution in [0.5, 0.6) is 23.0 Å². The van der Waals surface area contributed by atoms with Crippen LogP contribution in [0.1, 0.15) is 13.8 Å². The number of para-hydroxylation sites is 1. The third-order valence-corrected chi connectivity index (χ3v) is 2.70. The van der Waals surface area contributed by atoms with E-state index in [4.69, 9.17) is 19.6 Å². The van der Waals surface area contributed by atoms with Crippen LogP contribution in [-0.4, -0.2) is 13.2 Å². The van der Waals surface area contributed by atoms with E-state index in [-0.39, 0.29) is 12.4 Å². The molecule has 2 rings (SSSR count). The van der Waals surface area contributed by atoms with Gasteiger partial charge in [0.1, 0.15) is 5.75 Å². The summed E-state index contributed by atoms with van der Waals surface area (Å²) >= 11 is 0. The fourth-order valence-electron chi connectivity index (χ4n) is 1.84. The molecule has 0 aliphatic carbocycles. The van der Waals surface area contributed by atoms with Crippen molar-refractivity contribution in [2.75, 3.05) is 13.2 Å². The number of rotatable bonds is 6. The van der Waals surface area contributed by atoms with Crippen LogP contribution in [0, 0.1) is 5.39 Å². The Morgan fingerprint density at radius 2 is 1.55 bits per heavy atom. The molecule has 0 aromatic heterocycles. The summed E-state index contributed by atoms with van der Waals surface area (Å²) in [4.78, 5) is 3.22. The topological polar surface area (TPSA) is 55.8 Å². The summed E-state index contributed by atoms with van der Waals surface area (Å²) in [5.74, 6) is 2.14. The summed E-state index contributed by atoms with van der Waals surface area (Å²) < 4.78 is 16.8. The van der Waals surface area contributed by atoms with Crippen molar-refractivity contribution in [2.24, 2.45) is 0 Å². The van der Waals surface area contributed by atoms with Crippen LogP contribution in [0.25, 0.3) is 4.98 Å². The first-order valence-electron chi connectivity index (χ1n) is 6.80. The Morgan fingerprint density at radius 3 is 2.14 bits per heavy atom. The Morgan fingerprint density at radius 1 is 0.909 bits per heavy atom. The molecule has 116 valence electrons. The van der Waals surface area contributed by atoms with Crippen molar-refractivity contribution in [3.63, 3.8) is 0 Å². The van der Waals surface area contributed by atoms with Crippen molar-refractivity contribution in [3.05, 3.63) is 47.4 Å². The standard InChI is InChI=1S/C16H17N2O3.ClH/c1-3-19-14-11-16(21-12-8-6-5-7-9-12)15(20-4-2)10-13(14)18-17;/h5-11H,3-4H2,1-2H3;1H/q+1;/p-1. The predicted octanol–water partition coefficient (Wildman–Crippen LogP) is 1.76. The number of hydrogen-bond acceptors (Lipinski definition) is 4. The van der Waals surface area contributed by atoms with Crippen molar-refractivity contribution >= 4 is 5.69 Å². The number of benzene rings is 2. The summed E-state index contributed by atoms with van der Waals surface area (Å²) in [5.41, 5.74) is 0.306. The maximum atomic E-state index is 9.07. The van der Waals surface area contributed by atoms with Crippen LogP contribution in [0.15, 0.2) is 42.5 Å². The zero-order chi connectivity index (χ0) is 15.1. The van der Waals surface area contributed by atoms with E-state index in [1.807, 2.05) is 44.2 Å². The van der Waals surface area contributed by atoms with Gasteiger partial charge in [-0.1, -0.05) is 18.2 Å². The monoisotopic (exact) mass is 320 g/mol. The molecule has 0 atom stereocenters. The molecule has 0 saturated heterocycles. The summed E-state index contributed by atoms with van der Waals surface area (Å²) in [6, 6.07) is 12.6. The van der Waals surface area contributed by atoms with E-state index in [0.29, 0.717) is 41.9 Å². The summed E-state index contributed by atoms with van der Waals surface area (Å²) in [5, 5.41) is 9.07. The van der Waals surface area contributed by atoms with E-state index in [0.717, 1.165) is 0 Å². The lowest BCUT2D eigenvalue weighted by Gasteiger charge is -2.12. The zero-order valence-electron chi connectivity index (χ0n) is 12.5. The first-order chi connectivity index (χ1) is 10.3. The number of ether oxygens (including phenoxy) is 3. The van der Waals surface area contributed by atoms with E-state index in [1.165, 1.54) is 0 Å². The highest BCUT2D eigenvalue weighted by Crippen LogP contribution is 2.41. The van der Waals surface area contributed by atoms with Gasteiger partial charge in [0, 0.05) is 6.07 Å². The Kier molecular flexibility index (Phi) is 7.00. The second kappa shape index (κ2) is 8.75. The first kappa shape index (κ1) is 17.6. The van der Waals surface area contributed by atoms with Crippen molar-refractivity contribution in [3.8, 4) is 23.0 Å². The molecule has 0 unspecified atom stereocenters. The molecule has 22 heavy (non-hydrogen) atoms. The molecule has 0 heterocycles. The minimum Gasteiger partial charge on any atom is -1.00 e. The van der Waals surface area contributed by atoms with Gasteiger partial charge in [-0.2, -0.15) is 0 Å². The van der Waals surface area contributed by atoms with Crippen LogP contribution in [0.3, 0.4) is 0 Å². The zero-order valence-corrected chi connectivity index (χ0v) is 13.2. The predicted molar refractivity (Wildman–Crippen MR) is 80.0 cm³/mol. The van der Waals surface area contributed by atoms with Gasteiger partial charge in [-0.05, 0) is 26.0 Å². The number of hydrogen-bond donors (Lipinski definition) is 0. The molecule has 0 spiro atoms. The van der Waals surface area contributed by atoms with Crippen molar-refractivity contribution < 1.29 is 26.6 Å². The molecule has 6 heteroatoms. The van der Waals surface area contributed by atoms with Crippen molar-refractivity contribution in [2.45, 2.75) is 13.8 Å². The molecular formula is C16H17ClN2O3. The summed E-state index contributed by atoms with van der Waals surface area (Å²) in [7, 11) is 0. The van der Waals surface area contributed by atoms with Crippen molar-refractivity contribution in [1.29, 1.82) is 5.39 Å². The highest BCUT2D eigenvalue weighted by atomic mass is 35.5. The van der Waals surface area contributed by atoms with Crippen molar-refractivity contribution in [1.82, 2.24) is 0 Å². The normalized spacial score (nSPS) is 9.32. The lowest BCUT2D eigenvalue weighted by Crippen LogP contribution is -3.00. The van der Waals surface area contributed by atoms with E-state index < -0.39 is 0 Å². The third-order valence-electron chi connectivity index (χ3n) is 2.70. The average Bonchev–Trinajstić information content (AvgIpc) is 2.51. The van der Waals surface area contributed by atoms with Gasteiger partial charge < -0.3 is 26.6 Å². The van der Waals surface area contributed by atoms with E-state index in [9.17, 15) is 0 Å². The Bertz CT molecular complexity index is 642. The van der Waals surface area contributed by atoms with E-state index in [1.54, 1.807) is 12.1 Å². The highest BCUT2D eigenvalue weighted by Gasteiger charge is 2.22. The highest BCUT2D eigenvalue weighted by molar-refractivity contribution is 5.65. The number of nitrogens with zero attached hydrogens (tertiary/aromatic N) is 2. The van der Waals surface area contributed by atoms with Gasteiger partial charge in [0.05, 0.1) is 19.3 Å². The van der Waals surface area contributed by atoms with Gasteiger partial charge >= 0.3 is 5.69 Å². The summed E-state index contributed by atoms with van der Waals surface area (Å²) in [6.07, 6.45) is 0. The SMILES string of the molecule is CCOc1cc(Oc2ccccc2)c(OCC)cc1[N+]#N.[Cl-]. The van der Waals surface area contributed by atoms with Crippen LogP contribution < -0.4 is 26.6 Å². The molecule has 2 aromatic rings. The fourth-order valence-corrected chi connectivity index (χ4v) is 1.84. The first-order valence-corrected chi connectivity index (χ1v) is 6.80. The molecule has 0 N–H and O–H groups in total. The van der Waals surface area contributed by atoms with Gasteiger partial charge in [0.25, 0.3) is 0 Å². The second-order valence-electron chi connectivity index (χ2n) is 4.15. The van der Waals surface area contributed by atoms with E-state index in [2.05, 4.69) is 4.98 Å². The molecule has 0 fully saturated rings. The van der Waals surface area contributed by atoms with Crippen LogP contribution >= 0.6 is 0 Å². The van der Waals surface area contributed by atoms with Crippen LogP contribution in [0.4, 0.5) is 5.69 Å². The quantitative estimate of drug-likeness (QED) is 0.761. The molecule has 0 radical (unpaired) electrons. The largest absolute Gasteiger partial charge is 1.00 e. The second-order valence-corrected chi connectivity index (χ2v) is 4.15. The number of diazo groups is 1. The minimum absolute atomic E-state index is 0. The molecule has 5 nitrogen and oxygen atoms in total. The lowest BCUT2D eigenvalue weighted by atomic mass is 10.2. The van der Waals surface area contributed by atoms with Gasteiger partial charge in [-0.25, -0.2) is 0 Å². The molecule has 0 amide bonds. The average molecular weight is 321 g/mol. The maximum absolute atomic E-state index is 9.07. The molecule has 0 bridgehead atoms. The molecule has 0 saturated carbocycles. The van der Waals surface area contributed by atoms with Gasteiger partial charge in [-0.15, -0.1) is 0 Å². The molecule has 0 aliphatic heterocycles. The van der Waals surface area contributed by atoms with Gasteiger partial charge in [0.2, 0.25) is 11.1 Å². The Balaban J connectivity index is 0.00000242. The van der Waals surface area contributed by atoms with E-state index >= 15 is 0 Å².